The molecule has 1 aliphatic heterocycles. The van der Waals surface area contributed by atoms with Crippen molar-refractivity contribution in [1.29, 1.82) is 0 Å². The highest BCUT2D eigenvalue weighted by atomic mass is 19.4. The number of benzene rings is 1. The van der Waals surface area contributed by atoms with E-state index in [1.165, 1.54) is 24.3 Å². The van der Waals surface area contributed by atoms with Crippen LogP contribution in [0, 0.1) is 5.92 Å². The molecule has 0 aromatic heterocycles. The number of piperazine rings is 1. The van der Waals surface area contributed by atoms with Crippen LogP contribution in [-0.2, 0) is 0 Å². The Balaban J connectivity index is 1.76. The topological polar surface area (TPSA) is 66.1 Å². The SMILES string of the molecule is CC(CN=C(N)Nc1ccc(OC(F)(F)F)cc1)CN1CCN(C)CC1. The molecule has 1 aromatic carbocycles. The molecule has 1 fully saturated rings. The van der Waals surface area contributed by atoms with Gasteiger partial charge in [0.15, 0.2) is 5.96 Å². The Kier molecular flexibility index (Phi) is 7.10. The van der Waals surface area contributed by atoms with E-state index in [1.807, 2.05) is 0 Å². The van der Waals surface area contributed by atoms with E-state index < -0.39 is 6.36 Å². The quantitative estimate of drug-likeness (QED) is 0.591. The summed E-state index contributed by atoms with van der Waals surface area (Å²) in [5.74, 6) is 0.320. The fourth-order valence-corrected chi connectivity index (χ4v) is 2.71. The number of alkyl halides is 3. The maximum atomic E-state index is 12.1. The van der Waals surface area contributed by atoms with Gasteiger partial charge in [0, 0.05) is 45.0 Å². The van der Waals surface area contributed by atoms with Crippen molar-refractivity contribution in [2.75, 3.05) is 51.6 Å². The van der Waals surface area contributed by atoms with Crippen LogP contribution < -0.4 is 15.8 Å². The van der Waals surface area contributed by atoms with Gasteiger partial charge in [-0.1, -0.05) is 6.92 Å². The summed E-state index contributed by atoms with van der Waals surface area (Å²) in [6, 6.07) is 5.35. The van der Waals surface area contributed by atoms with Gasteiger partial charge >= 0.3 is 6.36 Å². The fourth-order valence-electron chi connectivity index (χ4n) is 2.71. The molecular formula is C17H26F3N5O. The summed E-state index contributed by atoms with van der Waals surface area (Å²) in [5, 5.41) is 2.87. The molecule has 0 bridgehead atoms. The molecule has 1 aliphatic rings. The minimum Gasteiger partial charge on any atom is -0.406 e. The van der Waals surface area contributed by atoms with Crippen molar-refractivity contribution in [1.82, 2.24) is 9.80 Å². The monoisotopic (exact) mass is 373 g/mol. The van der Waals surface area contributed by atoms with Crippen molar-refractivity contribution in [3.63, 3.8) is 0 Å². The Bertz CT molecular complexity index is 583. The number of hydrogen-bond acceptors (Lipinski definition) is 4. The molecule has 6 nitrogen and oxygen atoms in total. The molecule has 1 atom stereocenters. The largest absolute Gasteiger partial charge is 0.573 e. The zero-order valence-electron chi connectivity index (χ0n) is 15.1. The highest BCUT2D eigenvalue weighted by molar-refractivity contribution is 5.92. The molecule has 2 rings (SSSR count). The van der Waals surface area contributed by atoms with Crippen molar-refractivity contribution in [2.24, 2.45) is 16.6 Å². The molecule has 146 valence electrons. The third-order valence-corrected chi connectivity index (χ3v) is 4.10. The second kappa shape index (κ2) is 9.09. The predicted molar refractivity (Wildman–Crippen MR) is 96.3 cm³/mol. The van der Waals surface area contributed by atoms with Crippen molar-refractivity contribution < 1.29 is 17.9 Å². The Morgan fingerprint density at radius 2 is 1.85 bits per heavy atom. The van der Waals surface area contributed by atoms with E-state index in [-0.39, 0.29) is 11.7 Å². The normalized spacial score (nSPS) is 18.6. The highest BCUT2D eigenvalue weighted by Crippen LogP contribution is 2.23. The average molecular weight is 373 g/mol. The third kappa shape index (κ3) is 7.49. The molecule has 1 aromatic rings. The number of likely N-dealkylation sites (N-methyl/N-ethyl adjacent to an activating group) is 1. The first-order valence-corrected chi connectivity index (χ1v) is 8.55. The van der Waals surface area contributed by atoms with Gasteiger partial charge in [0.1, 0.15) is 5.75 Å². The van der Waals surface area contributed by atoms with Crippen molar-refractivity contribution in [2.45, 2.75) is 13.3 Å². The zero-order valence-corrected chi connectivity index (χ0v) is 15.1. The van der Waals surface area contributed by atoms with Crippen LogP contribution in [0.4, 0.5) is 18.9 Å². The van der Waals surface area contributed by atoms with Crippen LogP contribution >= 0.6 is 0 Å². The number of anilines is 1. The van der Waals surface area contributed by atoms with Gasteiger partial charge in [-0.05, 0) is 37.2 Å². The van der Waals surface area contributed by atoms with Gasteiger partial charge < -0.3 is 25.6 Å². The van der Waals surface area contributed by atoms with Crippen LogP contribution in [0.3, 0.4) is 0 Å². The molecule has 1 saturated heterocycles. The van der Waals surface area contributed by atoms with Crippen LogP contribution in [0.15, 0.2) is 29.3 Å². The summed E-state index contributed by atoms with van der Waals surface area (Å²) in [7, 11) is 2.12. The van der Waals surface area contributed by atoms with Gasteiger partial charge in [0.2, 0.25) is 0 Å². The summed E-state index contributed by atoms with van der Waals surface area (Å²) in [6.07, 6.45) is -4.70. The highest BCUT2D eigenvalue weighted by Gasteiger charge is 2.30. The smallest absolute Gasteiger partial charge is 0.406 e. The number of hydrogen-bond donors (Lipinski definition) is 2. The van der Waals surface area contributed by atoms with Crippen molar-refractivity contribution >= 4 is 11.6 Å². The van der Waals surface area contributed by atoms with E-state index in [2.05, 4.69) is 38.8 Å². The lowest BCUT2D eigenvalue weighted by Gasteiger charge is -2.33. The first-order valence-electron chi connectivity index (χ1n) is 8.55. The number of nitrogens with zero attached hydrogens (tertiary/aromatic N) is 3. The summed E-state index contributed by atoms with van der Waals surface area (Å²) >= 11 is 0. The van der Waals surface area contributed by atoms with Crippen molar-refractivity contribution in [3.05, 3.63) is 24.3 Å². The molecule has 0 amide bonds. The number of rotatable bonds is 6. The molecule has 26 heavy (non-hydrogen) atoms. The van der Waals surface area contributed by atoms with E-state index in [0.717, 1.165) is 32.7 Å². The molecule has 0 aliphatic carbocycles. The molecule has 3 N–H and O–H groups in total. The molecule has 9 heteroatoms. The van der Waals surface area contributed by atoms with Gasteiger partial charge in [-0.15, -0.1) is 13.2 Å². The minimum atomic E-state index is -4.70. The van der Waals surface area contributed by atoms with Gasteiger partial charge in [-0.25, -0.2) is 0 Å². The predicted octanol–water partition coefficient (Wildman–Crippen LogP) is 2.20. The van der Waals surface area contributed by atoms with E-state index in [4.69, 9.17) is 5.73 Å². The summed E-state index contributed by atoms with van der Waals surface area (Å²) in [4.78, 5) is 9.05. The maximum absolute atomic E-state index is 12.1. The number of guanidine groups is 1. The second-order valence-electron chi connectivity index (χ2n) is 6.63. The summed E-state index contributed by atoms with van der Waals surface area (Å²) in [6.45, 7) is 7.95. The lowest BCUT2D eigenvalue weighted by molar-refractivity contribution is -0.274. The standard InChI is InChI=1S/C17H26F3N5O/c1-13(12-25-9-7-24(2)8-10-25)11-22-16(21)23-14-3-5-15(6-4-14)26-17(18,19)20/h3-6,13H,7-12H2,1-2H3,(H3,21,22,23). The molecule has 1 heterocycles. The molecular weight excluding hydrogens is 347 g/mol. The maximum Gasteiger partial charge on any atom is 0.573 e. The molecule has 0 radical (unpaired) electrons. The van der Waals surface area contributed by atoms with Crippen molar-refractivity contribution in [3.8, 4) is 5.75 Å². The Labute approximate surface area is 151 Å². The number of nitrogens with two attached hydrogens (primary N) is 1. The lowest BCUT2D eigenvalue weighted by Crippen LogP contribution is -2.46. The number of ether oxygens (including phenoxy) is 1. The first kappa shape index (κ1) is 20.3. The molecule has 0 spiro atoms. The molecule has 0 saturated carbocycles. The number of halogens is 3. The third-order valence-electron chi connectivity index (χ3n) is 4.10. The lowest BCUT2D eigenvalue weighted by atomic mass is 10.1. The molecule has 1 unspecified atom stereocenters. The van der Waals surface area contributed by atoms with E-state index in [1.54, 1.807) is 0 Å². The Morgan fingerprint density at radius 3 is 2.42 bits per heavy atom. The van der Waals surface area contributed by atoms with Crippen LogP contribution in [0.2, 0.25) is 0 Å². The summed E-state index contributed by atoms with van der Waals surface area (Å²) in [5.41, 5.74) is 6.40. The minimum absolute atomic E-state index is 0.236. The number of aliphatic imine (C=N–C) groups is 1. The van der Waals surface area contributed by atoms with Gasteiger partial charge in [0.05, 0.1) is 0 Å². The van der Waals surface area contributed by atoms with Crippen LogP contribution in [0.1, 0.15) is 6.92 Å². The van der Waals surface area contributed by atoms with Gasteiger partial charge in [-0.2, -0.15) is 0 Å². The zero-order chi connectivity index (χ0) is 19.2. The van der Waals surface area contributed by atoms with Gasteiger partial charge in [0.25, 0.3) is 0 Å². The van der Waals surface area contributed by atoms with Crippen LogP contribution in [0.25, 0.3) is 0 Å². The van der Waals surface area contributed by atoms with E-state index in [0.29, 0.717) is 18.2 Å². The van der Waals surface area contributed by atoms with Crippen LogP contribution in [-0.4, -0.2) is 68.4 Å². The van der Waals surface area contributed by atoms with E-state index in [9.17, 15) is 13.2 Å². The van der Waals surface area contributed by atoms with E-state index >= 15 is 0 Å². The second-order valence-corrected chi connectivity index (χ2v) is 6.63. The fraction of sp³-hybridized carbons (Fsp3) is 0.588. The summed E-state index contributed by atoms with van der Waals surface area (Å²) < 4.78 is 40.2. The van der Waals surface area contributed by atoms with Crippen LogP contribution in [0.5, 0.6) is 5.75 Å². The average Bonchev–Trinajstić information content (AvgIpc) is 2.56. The Morgan fingerprint density at radius 1 is 1.23 bits per heavy atom. The first-order chi connectivity index (χ1) is 12.2. The van der Waals surface area contributed by atoms with Gasteiger partial charge in [-0.3, -0.25) is 4.99 Å². The Hall–Kier alpha value is -2.00. The number of nitrogens with one attached hydrogen (secondary N) is 1.